The van der Waals surface area contributed by atoms with Crippen molar-refractivity contribution >= 4 is 11.5 Å². The van der Waals surface area contributed by atoms with Crippen LogP contribution in [0.1, 0.15) is 5.56 Å². The van der Waals surface area contributed by atoms with Gasteiger partial charge in [0, 0.05) is 23.9 Å². The van der Waals surface area contributed by atoms with E-state index in [1.807, 2.05) is 6.92 Å². The zero-order valence-corrected chi connectivity index (χ0v) is 9.95. The minimum absolute atomic E-state index is 0.0301. The lowest BCUT2D eigenvalue weighted by molar-refractivity contribution is -0.384. The maximum Gasteiger partial charge on any atom is 0.271 e. The molecule has 94 valence electrons. The summed E-state index contributed by atoms with van der Waals surface area (Å²) >= 11 is 0. The number of nitrogen functional groups attached to an aromatic ring is 1. The van der Waals surface area contributed by atoms with E-state index in [9.17, 15) is 10.1 Å². The lowest BCUT2D eigenvalue weighted by Crippen LogP contribution is -2.01. The van der Waals surface area contributed by atoms with Gasteiger partial charge in [-0.05, 0) is 13.0 Å². The summed E-state index contributed by atoms with van der Waals surface area (Å²) in [6.45, 7) is 1.81. The van der Waals surface area contributed by atoms with E-state index in [-0.39, 0.29) is 5.69 Å². The first-order valence-corrected chi connectivity index (χ1v) is 5.17. The fraction of sp³-hybridized carbons (Fsp3) is 0.182. The number of hydrogen-bond donors (Lipinski definition) is 1. The summed E-state index contributed by atoms with van der Waals surface area (Å²) in [4.78, 5) is 10.3. The minimum Gasteiger partial charge on any atom is -0.494 e. The second kappa shape index (κ2) is 4.36. The van der Waals surface area contributed by atoms with Gasteiger partial charge in [0.05, 0.1) is 12.0 Å². The molecule has 1 heterocycles. The summed E-state index contributed by atoms with van der Waals surface area (Å²) < 4.78 is 6.63. The van der Waals surface area contributed by atoms with E-state index in [1.165, 1.54) is 30.0 Å². The van der Waals surface area contributed by atoms with Crippen LogP contribution >= 0.6 is 0 Å². The van der Waals surface area contributed by atoms with Gasteiger partial charge in [-0.2, -0.15) is 5.10 Å². The maximum absolute atomic E-state index is 10.8. The second-order valence-electron chi connectivity index (χ2n) is 3.76. The average Bonchev–Trinajstić information content (AvgIpc) is 2.68. The van der Waals surface area contributed by atoms with Gasteiger partial charge in [0.25, 0.3) is 5.69 Å². The Morgan fingerprint density at radius 1 is 1.50 bits per heavy atom. The van der Waals surface area contributed by atoms with E-state index >= 15 is 0 Å². The van der Waals surface area contributed by atoms with Crippen molar-refractivity contribution in [3.05, 3.63) is 40.1 Å². The monoisotopic (exact) mass is 248 g/mol. The molecule has 0 atom stereocenters. The average molecular weight is 248 g/mol. The normalized spacial score (nSPS) is 10.3. The molecular formula is C11H12N4O3. The Bertz CT molecular complexity index is 587. The summed E-state index contributed by atoms with van der Waals surface area (Å²) in [6, 6.07) is 4.30. The van der Waals surface area contributed by atoms with Crippen LogP contribution in [0.3, 0.4) is 0 Å². The van der Waals surface area contributed by atoms with Gasteiger partial charge in [0.2, 0.25) is 0 Å². The van der Waals surface area contributed by atoms with Crippen LogP contribution in [0.2, 0.25) is 0 Å². The fourth-order valence-electron chi connectivity index (χ4n) is 1.57. The highest BCUT2D eigenvalue weighted by atomic mass is 16.6. The van der Waals surface area contributed by atoms with Gasteiger partial charge in [-0.1, -0.05) is 0 Å². The molecule has 0 unspecified atom stereocenters. The van der Waals surface area contributed by atoms with Gasteiger partial charge in [-0.3, -0.25) is 10.1 Å². The van der Waals surface area contributed by atoms with Gasteiger partial charge in [-0.15, -0.1) is 0 Å². The molecule has 7 nitrogen and oxygen atoms in total. The largest absolute Gasteiger partial charge is 0.494 e. The number of nitro benzene ring substituents is 1. The van der Waals surface area contributed by atoms with E-state index in [4.69, 9.17) is 10.5 Å². The number of hydrogen-bond acceptors (Lipinski definition) is 5. The Kier molecular flexibility index (Phi) is 2.88. The molecule has 2 rings (SSSR count). The van der Waals surface area contributed by atoms with Gasteiger partial charge in [0.1, 0.15) is 17.3 Å². The van der Waals surface area contributed by atoms with Crippen molar-refractivity contribution in [2.24, 2.45) is 0 Å². The van der Waals surface area contributed by atoms with E-state index in [2.05, 4.69) is 5.10 Å². The van der Waals surface area contributed by atoms with Crippen molar-refractivity contribution < 1.29 is 9.66 Å². The van der Waals surface area contributed by atoms with E-state index in [0.29, 0.717) is 17.3 Å². The first-order valence-electron chi connectivity index (χ1n) is 5.17. The van der Waals surface area contributed by atoms with Crippen molar-refractivity contribution in [2.45, 2.75) is 6.92 Å². The molecule has 2 aromatic rings. The molecule has 0 bridgehead atoms. The quantitative estimate of drug-likeness (QED) is 0.658. The topological polar surface area (TPSA) is 96.2 Å². The van der Waals surface area contributed by atoms with Crippen LogP contribution < -0.4 is 10.5 Å². The van der Waals surface area contributed by atoms with Crippen LogP contribution in [-0.2, 0) is 0 Å². The lowest BCUT2D eigenvalue weighted by Gasteiger charge is -2.07. The van der Waals surface area contributed by atoms with E-state index in [0.717, 1.165) is 5.56 Å². The molecule has 0 aliphatic heterocycles. The molecule has 0 saturated carbocycles. The minimum atomic E-state index is -0.470. The smallest absolute Gasteiger partial charge is 0.271 e. The van der Waals surface area contributed by atoms with Crippen molar-refractivity contribution in [2.75, 3.05) is 12.8 Å². The summed E-state index contributed by atoms with van der Waals surface area (Å²) in [6.07, 6.45) is 1.69. The maximum atomic E-state index is 10.8. The van der Waals surface area contributed by atoms with Crippen molar-refractivity contribution in [1.29, 1.82) is 0 Å². The number of nitrogens with zero attached hydrogens (tertiary/aromatic N) is 3. The predicted octanol–water partition coefficient (Wildman–Crippen LogP) is 1.68. The van der Waals surface area contributed by atoms with Crippen molar-refractivity contribution in [3.63, 3.8) is 0 Å². The van der Waals surface area contributed by atoms with Crippen LogP contribution in [0.4, 0.5) is 11.5 Å². The molecule has 0 saturated heterocycles. The number of aryl methyl sites for hydroxylation is 1. The van der Waals surface area contributed by atoms with E-state index < -0.39 is 4.92 Å². The van der Waals surface area contributed by atoms with Gasteiger partial charge in [0.15, 0.2) is 0 Å². The Morgan fingerprint density at radius 2 is 2.22 bits per heavy atom. The van der Waals surface area contributed by atoms with Crippen molar-refractivity contribution in [1.82, 2.24) is 9.78 Å². The third-order valence-electron chi connectivity index (χ3n) is 2.56. The molecule has 0 amide bonds. The number of nitrogens with two attached hydrogens (primary N) is 1. The summed E-state index contributed by atoms with van der Waals surface area (Å²) in [5.74, 6) is 0.867. The number of nitro groups is 1. The Morgan fingerprint density at radius 3 is 2.72 bits per heavy atom. The molecule has 0 aliphatic carbocycles. The number of non-ortho nitro benzene ring substituents is 1. The molecule has 18 heavy (non-hydrogen) atoms. The number of ether oxygens (including phenoxy) is 1. The third kappa shape index (κ3) is 1.97. The zero-order chi connectivity index (χ0) is 13.3. The summed E-state index contributed by atoms with van der Waals surface area (Å²) in [7, 11) is 1.49. The lowest BCUT2D eigenvalue weighted by atomic mass is 10.2. The number of rotatable bonds is 3. The standard InChI is InChI=1S/C11H12N4O3/c1-7-6-14(13-11(7)12)9-5-8(15(16)17)3-4-10(9)18-2/h3-6H,1-2H3,(H2,12,13). The van der Waals surface area contributed by atoms with Crippen LogP contribution in [-0.4, -0.2) is 21.8 Å². The highest BCUT2D eigenvalue weighted by molar-refractivity contribution is 5.54. The van der Waals surface area contributed by atoms with Gasteiger partial charge < -0.3 is 10.5 Å². The van der Waals surface area contributed by atoms with Crippen LogP contribution in [0.15, 0.2) is 24.4 Å². The fourth-order valence-corrected chi connectivity index (χ4v) is 1.57. The first-order chi connectivity index (χ1) is 8.52. The molecule has 1 aromatic carbocycles. The van der Waals surface area contributed by atoms with Gasteiger partial charge in [-0.25, -0.2) is 4.68 Å². The Balaban J connectivity index is 2.59. The summed E-state index contributed by atoms with van der Waals surface area (Å²) in [5.41, 5.74) is 6.90. The summed E-state index contributed by atoms with van der Waals surface area (Å²) in [5, 5.41) is 14.8. The molecule has 1 aromatic heterocycles. The molecule has 0 aliphatic rings. The molecule has 0 fully saturated rings. The zero-order valence-electron chi connectivity index (χ0n) is 9.95. The van der Waals surface area contributed by atoms with Crippen LogP contribution in [0.5, 0.6) is 5.75 Å². The Hall–Kier alpha value is -2.57. The second-order valence-corrected chi connectivity index (χ2v) is 3.76. The first kappa shape index (κ1) is 11.9. The predicted molar refractivity (Wildman–Crippen MR) is 65.9 cm³/mol. The molecule has 0 spiro atoms. The van der Waals surface area contributed by atoms with Gasteiger partial charge >= 0.3 is 0 Å². The van der Waals surface area contributed by atoms with Crippen LogP contribution in [0.25, 0.3) is 5.69 Å². The number of benzene rings is 1. The van der Waals surface area contributed by atoms with E-state index in [1.54, 1.807) is 6.20 Å². The highest BCUT2D eigenvalue weighted by Gasteiger charge is 2.14. The molecule has 7 heteroatoms. The SMILES string of the molecule is COc1ccc([N+](=O)[O-])cc1-n1cc(C)c(N)n1. The molecule has 0 radical (unpaired) electrons. The third-order valence-corrected chi connectivity index (χ3v) is 2.56. The van der Waals surface area contributed by atoms with Crippen molar-refractivity contribution in [3.8, 4) is 11.4 Å². The Labute approximate surface area is 103 Å². The number of methoxy groups -OCH3 is 1. The molecular weight excluding hydrogens is 236 g/mol. The number of aromatic nitrogens is 2. The molecule has 2 N–H and O–H groups in total. The van der Waals surface area contributed by atoms with Crippen LogP contribution in [0, 0.1) is 17.0 Å². The highest BCUT2D eigenvalue weighted by Crippen LogP contribution is 2.27. The number of anilines is 1.